The summed E-state index contributed by atoms with van der Waals surface area (Å²) in [5.41, 5.74) is 0.846. The van der Waals surface area contributed by atoms with Crippen molar-refractivity contribution in [1.82, 2.24) is 9.97 Å². The van der Waals surface area contributed by atoms with E-state index in [1.54, 1.807) is 18.6 Å². The van der Waals surface area contributed by atoms with Crippen LogP contribution in [0.15, 0.2) is 48.9 Å². The molecule has 1 aromatic carbocycles. The Kier molecular flexibility index (Phi) is 4.09. The van der Waals surface area contributed by atoms with Crippen molar-refractivity contribution in [3.63, 3.8) is 0 Å². The summed E-state index contributed by atoms with van der Waals surface area (Å²) < 4.78 is 0. The normalized spacial score (nSPS) is 18.3. The molecule has 0 spiro atoms. The zero-order chi connectivity index (χ0) is 14.5. The molecular weight excluding hydrogens is 264 g/mol. The topological polar surface area (TPSA) is 58.1 Å². The van der Waals surface area contributed by atoms with Crippen LogP contribution < -0.4 is 10.2 Å². The van der Waals surface area contributed by atoms with Gasteiger partial charge in [-0.1, -0.05) is 18.2 Å². The molecule has 1 saturated heterocycles. The lowest BCUT2D eigenvalue weighted by Gasteiger charge is -2.32. The van der Waals surface area contributed by atoms with Crippen LogP contribution in [0.3, 0.4) is 0 Å². The van der Waals surface area contributed by atoms with E-state index < -0.39 is 0 Å². The Morgan fingerprint density at radius 1 is 1.24 bits per heavy atom. The van der Waals surface area contributed by atoms with Crippen LogP contribution in [0.4, 0.5) is 11.5 Å². The molecule has 1 atom stereocenters. The zero-order valence-corrected chi connectivity index (χ0v) is 11.8. The van der Waals surface area contributed by atoms with Gasteiger partial charge in [0.2, 0.25) is 5.91 Å². The Morgan fingerprint density at radius 3 is 2.86 bits per heavy atom. The van der Waals surface area contributed by atoms with Crippen molar-refractivity contribution in [2.75, 3.05) is 23.3 Å². The van der Waals surface area contributed by atoms with Crippen molar-refractivity contribution in [3.05, 3.63) is 48.9 Å². The van der Waals surface area contributed by atoms with E-state index in [1.807, 2.05) is 30.3 Å². The number of nitrogens with one attached hydrogen (secondary N) is 1. The highest BCUT2D eigenvalue weighted by molar-refractivity contribution is 5.93. The molecule has 2 aromatic rings. The highest BCUT2D eigenvalue weighted by atomic mass is 16.1. The van der Waals surface area contributed by atoms with Crippen molar-refractivity contribution in [2.24, 2.45) is 5.92 Å². The Hall–Kier alpha value is -2.43. The van der Waals surface area contributed by atoms with E-state index in [1.165, 1.54) is 0 Å². The molecule has 0 bridgehead atoms. The Labute approximate surface area is 124 Å². The average Bonchev–Trinajstić information content (AvgIpc) is 2.57. The first-order valence-corrected chi connectivity index (χ1v) is 7.20. The largest absolute Gasteiger partial charge is 0.355 e. The van der Waals surface area contributed by atoms with E-state index in [0.29, 0.717) is 6.54 Å². The third-order valence-electron chi connectivity index (χ3n) is 3.71. The molecule has 1 N–H and O–H groups in total. The molecule has 1 amide bonds. The van der Waals surface area contributed by atoms with E-state index in [0.717, 1.165) is 30.9 Å². The van der Waals surface area contributed by atoms with Crippen molar-refractivity contribution >= 4 is 17.4 Å². The van der Waals surface area contributed by atoms with Gasteiger partial charge in [-0.2, -0.15) is 0 Å². The quantitative estimate of drug-likeness (QED) is 0.938. The second-order valence-corrected chi connectivity index (χ2v) is 5.20. The summed E-state index contributed by atoms with van der Waals surface area (Å²) >= 11 is 0. The highest BCUT2D eigenvalue weighted by Crippen LogP contribution is 2.22. The highest BCUT2D eigenvalue weighted by Gasteiger charge is 2.26. The van der Waals surface area contributed by atoms with Gasteiger partial charge in [0, 0.05) is 31.2 Å². The summed E-state index contributed by atoms with van der Waals surface area (Å²) in [6.45, 7) is 1.62. The minimum Gasteiger partial charge on any atom is -0.355 e. The van der Waals surface area contributed by atoms with Gasteiger partial charge in [-0.25, -0.2) is 4.98 Å². The molecule has 1 unspecified atom stereocenters. The number of nitrogens with zero attached hydrogens (tertiary/aromatic N) is 3. The van der Waals surface area contributed by atoms with Crippen LogP contribution in [0.1, 0.15) is 12.8 Å². The number of anilines is 2. The standard InChI is InChI=1S/C16H18N4O/c21-16(19-14-6-2-1-3-7-14)13-5-4-10-20(12-13)15-11-17-8-9-18-15/h1-3,6-9,11,13H,4-5,10,12H2,(H,19,21). The predicted octanol–water partition coefficient (Wildman–Crippen LogP) is 2.33. The Balaban J connectivity index is 1.64. The van der Waals surface area contributed by atoms with Gasteiger partial charge in [0.25, 0.3) is 0 Å². The number of amides is 1. The van der Waals surface area contributed by atoms with Crippen molar-refractivity contribution < 1.29 is 4.79 Å². The molecule has 2 heterocycles. The summed E-state index contributed by atoms with van der Waals surface area (Å²) in [7, 11) is 0. The summed E-state index contributed by atoms with van der Waals surface area (Å²) in [4.78, 5) is 22.9. The van der Waals surface area contributed by atoms with E-state index in [9.17, 15) is 4.79 Å². The first kappa shape index (κ1) is 13.5. The van der Waals surface area contributed by atoms with Gasteiger partial charge in [0.1, 0.15) is 5.82 Å². The molecule has 21 heavy (non-hydrogen) atoms. The van der Waals surface area contributed by atoms with E-state index in [2.05, 4.69) is 20.2 Å². The molecule has 0 saturated carbocycles. The van der Waals surface area contributed by atoms with Crippen LogP contribution in [-0.2, 0) is 4.79 Å². The number of para-hydroxylation sites is 1. The summed E-state index contributed by atoms with van der Waals surface area (Å²) in [5, 5.41) is 2.98. The molecule has 1 aliphatic rings. The second kappa shape index (κ2) is 6.35. The maximum Gasteiger partial charge on any atom is 0.229 e. The molecule has 5 nitrogen and oxygen atoms in total. The fourth-order valence-corrected chi connectivity index (χ4v) is 2.62. The van der Waals surface area contributed by atoms with E-state index in [4.69, 9.17) is 0 Å². The minimum atomic E-state index is -0.0130. The molecule has 0 aliphatic carbocycles. The Morgan fingerprint density at radius 2 is 2.10 bits per heavy atom. The monoisotopic (exact) mass is 282 g/mol. The van der Waals surface area contributed by atoms with Crippen LogP contribution in [0.5, 0.6) is 0 Å². The predicted molar refractivity (Wildman–Crippen MR) is 82.0 cm³/mol. The Bertz CT molecular complexity index is 588. The van der Waals surface area contributed by atoms with Gasteiger partial charge in [-0.3, -0.25) is 9.78 Å². The zero-order valence-electron chi connectivity index (χ0n) is 11.8. The van der Waals surface area contributed by atoms with Crippen LogP contribution in [0, 0.1) is 5.92 Å². The number of carbonyl (C=O) groups excluding carboxylic acids is 1. The smallest absolute Gasteiger partial charge is 0.229 e. The SMILES string of the molecule is O=C(Nc1ccccc1)C1CCCN(c2cnccn2)C1. The maximum absolute atomic E-state index is 12.4. The van der Waals surface area contributed by atoms with Gasteiger partial charge >= 0.3 is 0 Å². The van der Waals surface area contributed by atoms with Crippen LogP contribution in [0.2, 0.25) is 0 Å². The van der Waals surface area contributed by atoms with Gasteiger partial charge in [0.05, 0.1) is 12.1 Å². The number of hydrogen-bond donors (Lipinski definition) is 1. The first-order valence-electron chi connectivity index (χ1n) is 7.20. The summed E-state index contributed by atoms with van der Waals surface area (Å²) in [5.74, 6) is 0.908. The molecule has 108 valence electrons. The van der Waals surface area contributed by atoms with Crippen LogP contribution in [0.25, 0.3) is 0 Å². The van der Waals surface area contributed by atoms with Crippen LogP contribution >= 0.6 is 0 Å². The number of aromatic nitrogens is 2. The number of benzene rings is 1. The van der Waals surface area contributed by atoms with Gasteiger partial charge in [-0.05, 0) is 25.0 Å². The third kappa shape index (κ3) is 3.37. The fraction of sp³-hybridized carbons (Fsp3) is 0.312. The maximum atomic E-state index is 12.4. The van der Waals surface area contributed by atoms with Crippen molar-refractivity contribution in [3.8, 4) is 0 Å². The van der Waals surface area contributed by atoms with Crippen molar-refractivity contribution in [2.45, 2.75) is 12.8 Å². The molecule has 1 fully saturated rings. The minimum absolute atomic E-state index is 0.0130. The lowest BCUT2D eigenvalue weighted by molar-refractivity contribution is -0.120. The van der Waals surface area contributed by atoms with Gasteiger partial charge in [-0.15, -0.1) is 0 Å². The number of rotatable bonds is 3. The second-order valence-electron chi connectivity index (χ2n) is 5.20. The molecule has 5 heteroatoms. The van der Waals surface area contributed by atoms with Gasteiger partial charge in [0.15, 0.2) is 0 Å². The van der Waals surface area contributed by atoms with Gasteiger partial charge < -0.3 is 10.2 Å². The van der Waals surface area contributed by atoms with Crippen LogP contribution in [-0.4, -0.2) is 29.0 Å². The van der Waals surface area contributed by atoms with E-state index >= 15 is 0 Å². The molecule has 1 aliphatic heterocycles. The first-order chi connectivity index (χ1) is 10.3. The fourth-order valence-electron chi connectivity index (χ4n) is 2.62. The summed E-state index contributed by atoms with van der Waals surface area (Å²) in [6, 6.07) is 9.58. The molecule has 0 radical (unpaired) electrons. The molecule has 3 rings (SSSR count). The lowest BCUT2D eigenvalue weighted by Crippen LogP contribution is -2.41. The third-order valence-corrected chi connectivity index (χ3v) is 3.71. The van der Waals surface area contributed by atoms with E-state index in [-0.39, 0.29) is 11.8 Å². The van der Waals surface area contributed by atoms with Crippen molar-refractivity contribution in [1.29, 1.82) is 0 Å². The average molecular weight is 282 g/mol. The summed E-state index contributed by atoms with van der Waals surface area (Å²) in [6.07, 6.45) is 6.99. The molecular formula is C16H18N4O. The number of hydrogen-bond acceptors (Lipinski definition) is 4. The number of carbonyl (C=O) groups is 1. The molecule has 1 aromatic heterocycles. The number of piperidine rings is 1. The lowest BCUT2D eigenvalue weighted by atomic mass is 9.97.